The van der Waals surface area contributed by atoms with Crippen LogP contribution in [0, 0.1) is 6.92 Å². The highest BCUT2D eigenvalue weighted by molar-refractivity contribution is 6.31. The van der Waals surface area contributed by atoms with Crippen LogP contribution in [0.2, 0.25) is 5.15 Å². The number of hydrogen-bond acceptors (Lipinski definition) is 5. The number of esters is 1. The van der Waals surface area contributed by atoms with Crippen LogP contribution in [0.5, 0.6) is 5.75 Å². The van der Waals surface area contributed by atoms with Gasteiger partial charge < -0.3 is 14.8 Å². The van der Waals surface area contributed by atoms with Crippen LogP contribution in [0.15, 0.2) is 60.7 Å². The Bertz CT molecular complexity index is 1090. The fourth-order valence-corrected chi connectivity index (χ4v) is 3.19. The Hall–Kier alpha value is -3.58. The topological polar surface area (TPSA) is 82.4 Å². The lowest BCUT2D eigenvalue weighted by Crippen LogP contribution is -2.20. The van der Waals surface area contributed by atoms with Crippen molar-refractivity contribution in [2.24, 2.45) is 0 Å². The minimum atomic E-state index is -0.665. The van der Waals surface area contributed by atoms with Crippen molar-refractivity contribution < 1.29 is 19.1 Å². The molecule has 1 aromatic heterocycles. The fourth-order valence-electron chi connectivity index (χ4n) is 2.89. The summed E-state index contributed by atoms with van der Waals surface area (Å²) in [5.41, 5.74) is 2.85. The summed E-state index contributed by atoms with van der Waals surface area (Å²) in [7, 11) is 1.50. The van der Waals surface area contributed by atoms with Crippen molar-refractivity contribution in [1.29, 1.82) is 0 Å². The quantitative estimate of drug-likeness (QED) is 0.422. The predicted octanol–water partition coefficient (Wildman–Crippen LogP) is 4.10. The third kappa shape index (κ3) is 5.96. The molecule has 31 heavy (non-hydrogen) atoms. The highest BCUT2D eigenvalue weighted by atomic mass is 35.5. The molecular formula is C23H22ClN3O4. The molecule has 0 atom stereocenters. The van der Waals surface area contributed by atoms with Crippen LogP contribution >= 0.6 is 11.6 Å². The van der Waals surface area contributed by atoms with Gasteiger partial charge in [-0.2, -0.15) is 5.10 Å². The molecule has 0 aliphatic rings. The molecule has 0 bridgehead atoms. The molecule has 1 heterocycles. The van der Waals surface area contributed by atoms with Crippen LogP contribution in [0.1, 0.15) is 16.8 Å². The first-order chi connectivity index (χ1) is 15.0. The Labute approximate surface area is 185 Å². The van der Waals surface area contributed by atoms with Gasteiger partial charge in [0.2, 0.25) is 0 Å². The third-order valence-corrected chi connectivity index (χ3v) is 4.80. The first-order valence-corrected chi connectivity index (χ1v) is 9.90. The minimum absolute atomic E-state index is 0.416. The normalized spacial score (nSPS) is 10.8. The molecule has 0 saturated carbocycles. The molecule has 3 aromatic rings. The number of nitrogens with zero attached hydrogens (tertiary/aromatic N) is 2. The van der Waals surface area contributed by atoms with Crippen LogP contribution in [-0.2, 0) is 20.9 Å². The summed E-state index contributed by atoms with van der Waals surface area (Å²) in [6.45, 7) is 1.89. The molecule has 0 aliphatic carbocycles. The van der Waals surface area contributed by atoms with Gasteiger partial charge in [0.05, 0.1) is 25.0 Å². The van der Waals surface area contributed by atoms with Crippen LogP contribution in [0.25, 0.3) is 6.08 Å². The molecule has 0 aliphatic heterocycles. The lowest BCUT2D eigenvalue weighted by molar-refractivity contribution is -0.142. The van der Waals surface area contributed by atoms with Crippen LogP contribution in [0.4, 0.5) is 5.69 Å². The van der Waals surface area contributed by atoms with Crippen molar-refractivity contribution >= 4 is 35.2 Å². The Kier molecular flexibility index (Phi) is 7.45. The lowest BCUT2D eigenvalue weighted by Gasteiger charge is -2.09. The average molecular weight is 440 g/mol. The van der Waals surface area contributed by atoms with Crippen LogP contribution < -0.4 is 10.1 Å². The molecule has 2 aromatic carbocycles. The van der Waals surface area contributed by atoms with Gasteiger partial charge in [-0.3, -0.25) is 4.79 Å². The molecule has 1 amide bonds. The number of para-hydroxylation sites is 2. The van der Waals surface area contributed by atoms with E-state index in [1.165, 1.54) is 19.3 Å². The molecule has 3 rings (SSSR count). The zero-order chi connectivity index (χ0) is 22.2. The summed E-state index contributed by atoms with van der Waals surface area (Å²) < 4.78 is 11.8. The maximum atomic E-state index is 12.0. The maximum Gasteiger partial charge on any atom is 0.331 e. The second-order valence-corrected chi connectivity index (χ2v) is 6.98. The van der Waals surface area contributed by atoms with Crippen LogP contribution in [-0.4, -0.2) is 35.4 Å². The van der Waals surface area contributed by atoms with Crippen molar-refractivity contribution in [3.8, 4) is 5.75 Å². The van der Waals surface area contributed by atoms with Gasteiger partial charge in [-0.1, -0.05) is 54.1 Å². The molecule has 0 unspecified atom stereocenters. The van der Waals surface area contributed by atoms with Crippen molar-refractivity contribution in [3.63, 3.8) is 0 Å². The number of anilines is 1. The van der Waals surface area contributed by atoms with Gasteiger partial charge in [-0.05, 0) is 30.7 Å². The zero-order valence-electron chi connectivity index (χ0n) is 17.2. The summed E-state index contributed by atoms with van der Waals surface area (Å²) in [4.78, 5) is 24.1. The van der Waals surface area contributed by atoms with E-state index in [0.29, 0.717) is 34.4 Å². The maximum absolute atomic E-state index is 12.0. The van der Waals surface area contributed by atoms with Crippen LogP contribution in [0.3, 0.4) is 0 Å². The molecule has 0 spiro atoms. The molecule has 0 radical (unpaired) electrons. The first kappa shape index (κ1) is 22.1. The smallest absolute Gasteiger partial charge is 0.331 e. The Morgan fingerprint density at radius 3 is 2.58 bits per heavy atom. The summed E-state index contributed by atoms with van der Waals surface area (Å²) >= 11 is 6.43. The number of aromatic nitrogens is 2. The minimum Gasteiger partial charge on any atom is -0.495 e. The summed E-state index contributed by atoms with van der Waals surface area (Å²) in [5.74, 6) is -0.627. The largest absolute Gasteiger partial charge is 0.495 e. The molecule has 0 saturated heterocycles. The van der Waals surface area contributed by atoms with Crippen molar-refractivity contribution in [2.45, 2.75) is 13.5 Å². The van der Waals surface area contributed by atoms with Gasteiger partial charge in [0, 0.05) is 11.6 Å². The molecule has 0 fully saturated rings. The van der Waals surface area contributed by atoms with Gasteiger partial charge in [-0.25, -0.2) is 9.48 Å². The van der Waals surface area contributed by atoms with Gasteiger partial charge >= 0.3 is 5.97 Å². The number of rotatable bonds is 8. The second kappa shape index (κ2) is 10.4. The number of amides is 1. The van der Waals surface area contributed by atoms with Gasteiger partial charge in [0.25, 0.3) is 5.91 Å². The standard InChI is InChI=1S/C23H22ClN3O4/c1-16-18(23(24)27(26-16)14-17-8-4-3-5-9-17)12-13-22(29)31-15-21(28)25-19-10-6-7-11-20(19)30-2/h3-13H,14-15H2,1-2H3,(H,25,28)/b13-12+. The van der Waals surface area contributed by atoms with E-state index in [-0.39, 0.29) is 0 Å². The highest BCUT2D eigenvalue weighted by Gasteiger charge is 2.13. The van der Waals surface area contributed by atoms with E-state index < -0.39 is 18.5 Å². The monoisotopic (exact) mass is 439 g/mol. The number of aryl methyl sites for hydroxylation is 1. The van der Waals surface area contributed by atoms with E-state index in [2.05, 4.69) is 10.4 Å². The average Bonchev–Trinajstić information content (AvgIpc) is 3.04. The Morgan fingerprint density at radius 2 is 1.84 bits per heavy atom. The molecule has 8 heteroatoms. The van der Waals surface area contributed by atoms with E-state index in [1.807, 2.05) is 30.3 Å². The van der Waals surface area contributed by atoms with E-state index in [1.54, 1.807) is 35.9 Å². The Balaban J connectivity index is 1.57. The number of nitrogens with one attached hydrogen (secondary N) is 1. The van der Waals surface area contributed by atoms with Gasteiger partial charge in [-0.15, -0.1) is 0 Å². The van der Waals surface area contributed by atoms with Crippen molar-refractivity contribution in [3.05, 3.63) is 82.6 Å². The molecule has 7 nitrogen and oxygen atoms in total. The van der Waals surface area contributed by atoms with Gasteiger partial charge in [0.1, 0.15) is 10.9 Å². The van der Waals surface area contributed by atoms with Crippen molar-refractivity contribution in [1.82, 2.24) is 9.78 Å². The number of benzene rings is 2. The highest BCUT2D eigenvalue weighted by Crippen LogP contribution is 2.23. The Morgan fingerprint density at radius 1 is 1.13 bits per heavy atom. The third-order valence-electron chi connectivity index (χ3n) is 4.40. The number of methoxy groups -OCH3 is 1. The lowest BCUT2D eigenvalue weighted by atomic mass is 10.2. The van der Waals surface area contributed by atoms with E-state index in [0.717, 1.165) is 5.56 Å². The number of halogens is 1. The SMILES string of the molecule is COc1ccccc1NC(=O)COC(=O)/C=C/c1c(C)nn(Cc2ccccc2)c1Cl. The predicted molar refractivity (Wildman–Crippen MR) is 119 cm³/mol. The number of carbonyl (C=O) groups is 2. The summed E-state index contributed by atoms with van der Waals surface area (Å²) in [6, 6.07) is 16.7. The number of hydrogen-bond donors (Lipinski definition) is 1. The number of carbonyl (C=O) groups excluding carboxylic acids is 2. The summed E-state index contributed by atoms with van der Waals surface area (Å²) in [6.07, 6.45) is 2.76. The molecule has 1 N–H and O–H groups in total. The van der Waals surface area contributed by atoms with Crippen molar-refractivity contribution in [2.75, 3.05) is 19.0 Å². The zero-order valence-corrected chi connectivity index (χ0v) is 17.9. The van der Waals surface area contributed by atoms with Gasteiger partial charge in [0.15, 0.2) is 6.61 Å². The number of ether oxygens (including phenoxy) is 2. The summed E-state index contributed by atoms with van der Waals surface area (Å²) in [5, 5.41) is 7.48. The molecular weight excluding hydrogens is 418 g/mol. The second-order valence-electron chi connectivity index (χ2n) is 6.62. The first-order valence-electron chi connectivity index (χ1n) is 9.52. The fraction of sp³-hybridized carbons (Fsp3) is 0.174. The molecule has 160 valence electrons. The van der Waals surface area contributed by atoms with E-state index >= 15 is 0 Å². The van der Waals surface area contributed by atoms with E-state index in [9.17, 15) is 9.59 Å². The van der Waals surface area contributed by atoms with E-state index in [4.69, 9.17) is 21.1 Å².